The van der Waals surface area contributed by atoms with Crippen LogP contribution < -0.4 is 5.32 Å². The first-order valence-electron chi connectivity index (χ1n) is 5.04. The van der Waals surface area contributed by atoms with Crippen molar-refractivity contribution in [2.45, 2.75) is 0 Å². The summed E-state index contributed by atoms with van der Waals surface area (Å²) in [7, 11) is 0. The van der Waals surface area contributed by atoms with Gasteiger partial charge in [0, 0.05) is 18.3 Å². The van der Waals surface area contributed by atoms with Gasteiger partial charge in [-0.05, 0) is 6.07 Å². The average Bonchev–Trinajstić information content (AvgIpc) is 2.35. The summed E-state index contributed by atoms with van der Waals surface area (Å²) in [6.45, 7) is 0. The van der Waals surface area contributed by atoms with Gasteiger partial charge in [-0.3, -0.25) is 9.78 Å². The van der Waals surface area contributed by atoms with Crippen LogP contribution in [-0.2, 0) is 0 Å². The fourth-order valence-electron chi connectivity index (χ4n) is 1.40. The van der Waals surface area contributed by atoms with E-state index in [4.69, 9.17) is 0 Å². The molecule has 0 fully saturated rings. The second-order valence-corrected chi connectivity index (χ2v) is 3.56. The SMILES string of the molecule is O=C(Nc1cc(F)cc(F)c1F)c1ccncc1F. The standard InChI is InChI=1S/C12H6F4N2O/c13-6-3-8(14)11(16)10(4-6)18-12(19)7-1-2-17-5-9(7)15/h1-5H,(H,18,19). The highest BCUT2D eigenvalue weighted by Crippen LogP contribution is 2.20. The molecule has 3 nitrogen and oxygen atoms in total. The molecule has 0 saturated heterocycles. The maximum absolute atomic E-state index is 13.3. The summed E-state index contributed by atoms with van der Waals surface area (Å²) in [4.78, 5) is 15.1. The topological polar surface area (TPSA) is 42.0 Å². The Kier molecular flexibility index (Phi) is 3.46. The molecule has 0 aliphatic heterocycles. The van der Waals surface area contributed by atoms with Gasteiger partial charge in [0.1, 0.15) is 5.82 Å². The van der Waals surface area contributed by atoms with Crippen LogP contribution in [0.5, 0.6) is 0 Å². The van der Waals surface area contributed by atoms with E-state index in [0.29, 0.717) is 12.1 Å². The number of rotatable bonds is 2. The second kappa shape index (κ2) is 5.05. The molecule has 0 atom stereocenters. The molecule has 19 heavy (non-hydrogen) atoms. The van der Waals surface area contributed by atoms with E-state index in [2.05, 4.69) is 4.98 Å². The fourth-order valence-corrected chi connectivity index (χ4v) is 1.40. The summed E-state index contributed by atoms with van der Waals surface area (Å²) in [5.41, 5.74) is -1.13. The van der Waals surface area contributed by atoms with Crippen LogP contribution in [0.3, 0.4) is 0 Å². The number of pyridine rings is 1. The zero-order chi connectivity index (χ0) is 14.0. The summed E-state index contributed by atoms with van der Waals surface area (Å²) in [5, 5.41) is 1.89. The molecule has 0 unspecified atom stereocenters. The molecule has 7 heteroatoms. The van der Waals surface area contributed by atoms with Crippen molar-refractivity contribution < 1.29 is 22.4 Å². The molecular formula is C12H6F4N2O. The van der Waals surface area contributed by atoms with E-state index < -0.39 is 40.4 Å². The third-order valence-electron chi connectivity index (χ3n) is 2.26. The number of nitrogens with zero attached hydrogens (tertiary/aromatic N) is 1. The summed E-state index contributed by atoms with van der Waals surface area (Å²) in [6, 6.07) is 1.98. The number of halogens is 4. The van der Waals surface area contributed by atoms with Gasteiger partial charge in [0.15, 0.2) is 17.5 Å². The molecule has 1 aromatic carbocycles. The van der Waals surface area contributed by atoms with E-state index in [1.165, 1.54) is 0 Å². The molecule has 0 spiro atoms. The summed E-state index contributed by atoms with van der Waals surface area (Å²) in [6.07, 6.45) is 1.94. The lowest BCUT2D eigenvalue weighted by Gasteiger charge is -2.07. The van der Waals surface area contributed by atoms with Crippen LogP contribution in [0.15, 0.2) is 30.6 Å². The quantitative estimate of drug-likeness (QED) is 0.673. The van der Waals surface area contributed by atoms with Crippen molar-refractivity contribution in [3.05, 3.63) is 59.4 Å². The lowest BCUT2D eigenvalue weighted by molar-refractivity contribution is 0.102. The minimum atomic E-state index is -1.45. The fraction of sp³-hybridized carbons (Fsp3) is 0. The van der Waals surface area contributed by atoms with Crippen molar-refractivity contribution in [1.29, 1.82) is 0 Å². The molecule has 0 aliphatic rings. The highest BCUT2D eigenvalue weighted by atomic mass is 19.2. The Balaban J connectivity index is 2.32. The predicted molar refractivity (Wildman–Crippen MR) is 58.5 cm³/mol. The smallest absolute Gasteiger partial charge is 0.258 e. The van der Waals surface area contributed by atoms with E-state index in [-0.39, 0.29) is 0 Å². The van der Waals surface area contributed by atoms with E-state index >= 15 is 0 Å². The second-order valence-electron chi connectivity index (χ2n) is 3.56. The maximum atomic E-state index is 13.3. The molecule has 0 bridgehead atoms. The van der Waals surface area contributed by atoms with Gasteiger partial charge in [0.25, 0.3) is 5.91 Å². The average molecular weight is 270 g/mol. The monoisotopic (exact) mass is 270 g/mol. The predicted octanol–water partition coefficient (Wildman–Crippen LogP) is 2.89. The molecule has 1 N–H and O–H groups in total. The Morgan fingerprint density at radius 1 is 1.11 bits per heavy atom. The maximum Gasteiger partial charge on any atom is 0.258 e. The third-order valence-corrected chi connectivity index (χ3v) is 2.26. The van der Waals surface area contributed by atoms with Crippen molar-refractivity contribution in [1.82, 2.24) is 4.98 Å². The van der Waals surface area contributed by atoms with E-state index in [1.54, 1.807) is 0 Å². The first-order chi connectivity index (χ1) is 8.99. The number of nitrogens with one attached hydrogen (secondary N) is 1. The highest BCUT2D eigenvalue weighted by Gasteiger charge is 2.16. The minimum Gasteiger partial charge on any atom is -0.319 e. The van der Waals surface area contributed by atoms with Gasteiger partial charge in [0.2, 0.25) is 0 Å². The number of amides is 1. The summed E-state index contributed by atoms with van der Waals surface area (Å²) < 4.78 is 52.4. The number of aromatic nitrogens is 1. The molecule has 1 amide bonds. The van der Waals surface area contributed by atoms with Crippen LogP contribution >= 0.6 is 0 Å². The van der Waals surface area contributed by atoms with Crippen LogP contribution in [0.1, 0.15) is 10.4 Å². The van der Waals surface area contributed by atoms with Crippen LogP contribution in [-0.4, -0.2) is 10.9 Å². The van der Waals surface area contributed by atoms with Crippen molar-refractivity contribution in [3.8, 4) is 0 Å². The first kappa shape index (κ1) is 13.0. The Morgan fingerprint density at radius 3 is 2.53 bits per heavy atom. The van der Waals surface area contributed by atoms with Gasteiger partial charge in [-0.15, -0.1) is 0 Å². The van der Waals surface area contributed by atoms with E-state index in [0.717, 1.165) is 18.5 Å². The highest BCUT2D eigenvalue weighted by molar-refractivity contribution is 6.04. The molecule has 0 saturated carbocycles. The largest absolute Gasteiger partial charge is 0.319 e. The van der Waals surface area contributed by atoms with Crippen molar-refractivity contribution in [3.63, 3.8) is 0 Å². The Morgan fingerprint density at radius 2 is 1.84 bits per heavy atom. The number of hydrogen-bond donors (Lipinski definition) is 1. The van der Waals surface area contributed by atoms with Crippen molar-refractivity contribution in [2.75, 3.05) is 5.32 Å². The van der Waals surface area contributed by atoms with Crippen molar-refractivity contribution in [2.24, 2.45) is 0 Å². The van der Waals surface area contributed by atoms with Crippen LogP contribution in [0.4, 0.5) is 23.2 Å². The van der Waals surface area contributed by atoms with E-state index in [1.807, 2.05) is 5.32 Å². The molecule has 2 rings (SSSR count). The van der Waals surface area contributed by atoms with Crippen LogP contribution in [0, 0.1) is 23.3 Å². The van der Waals surface area contributed by atoms with Gasteiger partial charge in [-0.2, -0.15) is 0 Å². The third kappa shape index (κ3) is 2.70. The van der Waals surface area contributed by atoms with Crippen molar-refractivity contribution >= 4 is 11.6 Å². The lowest BCUT2D eigenvalue weighted by atomic mass is 10.2. The Hall–Kier alpha value is -2.44. The van der Waals surface area contributed by atoms with Gasteiger partial charge in [-0.25, -0.2) is 17.6 Å². The number of carbonyl (C=O) groups excluding carboxylic acids is 1. The molecule has 1 aromatic heterocycles. The Labute approximate surface area is 104 Å². The number of hydrogen-bond acceptors (Lipinski definition) is 2. The van der Waals surface area contributed by atoms with Gasteiger partial charge < -0.3 is 5.32 Å². The molecule has 0 radical (unpaired) electrons. The molecule has 0 aliphatic carbocycles. The summed E-state index contributed by atoms with van der Waals surface area (Å²) in [5.74, 6) is -5.92. The summed E-state index contributed by atoms with van der Waals surface area (Å²) >= 11 is 0. The van der Waals surface area contributed by atoms with E-state index in [9.17, 15) is 22.4 Å². The zero-order valence-corrected chi connectivity index (χ0v) is 9.25. The minimum absolute atomic E-state index is 0.331. The number of benzene rings is 1. The molecular weight excluding hydrogens is 264 g/mol. The first-order valence-corrected chi connectivity index (χ1v) is 5.04. The van der Waals surface area contributed by atoms with Crippen LogP contribution in [0.25, 0.3) is 0 Å². The lowest BCUT2D eigenvalue weighted by Crippen LogP contribution is -2.15. The zero-order valence-electron chi connectivity index (χ0n) is 9.25. The number of anilines is 1. The number of carbonyl (C=O) groups is 1. The van der Waals surface area contributed by atoms with Gasteiger partial charge in [0.05, 0.1) is 17.4 Å². The Bertz CT molecular complexity index is 646. The molecule has 2 aromatic rings. The van der Waals surface area contributed by atoms with Crippen LogP contribution in [0.2, 0.25) is 0 Å². The molecule has 98 valence electrons. The normalized spacial score (nSPS) is 10.3. The van der Waals surface area contributed by atoms with Gasteiger partial charge >= 0.3 is 0 Å². The molecule has 1 heterocycles. The van der Waals surface area contributed by atoms with Gasteiger partial charge in [-0.1, -0.05) is 0 Å².